The molecule has 0 spiro atoms. The van der Waals surface area contributed by atoms with E-state index in [2.05, 4.69) is 4.74 Å². The van der Waals surface area contributed by atoms with Crippen molar-refractivity contribution < 1.29 is 24.7 Å². The summed E-state index contributed by atoms with van der Waals surface area (Å²) in [5.74, 6) is -0.889. The highest BCUT2D eigenvalue weighted by Crippen LogP contribution is 2.08. The topological polar surface area (TPSA) is 87.0 Å². The Labute approximate surface area is 80.7 Å². The van der Waals surface area contributed by atoms with E-state index in [-0.39, 0.29) is 16.8 Å². The van der Waals surface area contributed by atoms with E-state index in [1.807, 2.05) is 0 Å². The number of rotatable bonds is 2. The molecular weight excluding hydrogens is 187 g/mol. The molecule has 0 fully saturated rings. The fraction of sp³-hybridized carbons (Fsp3) is 0.125. The molecule has 1 aromatic carbocycles. The third-order valence-electron chi connectivity index (χ3n) is 1.73. The summed E-state index contributed by atoms with van der Waals surface area (Å²) >= 11 is 0. The van der Waals surface area contributed by atoms with E-state index in [4.69, 9.17) is 10.0 Å². The lowest BCUT2D eigenvalue weighted by atomic mass is 9.79. The molecule has 0 atom stereocenters. The molecule has 0 unspecified atom stereocenters. The highest BCUT2D eigenvalue weighted by Gasteiger charge is 2.18. The number of phenolic OH excluding ortho intramolecular Hbond substituents is 1. The van der Waals surface area contributed by atoms with Gasteiger partial charge in [0.1, 0.15) is 5.75 Å². The highest BCUT2D eigenvalue weighted by atomic mass is 16.5. The van der Waals surface area contributed by atoms with Crippen LogP contribution in [-0.4, -0.2) is 35.4 Å². The van der Waals surface area contributed by atoms with Crippen LogP contribution in [0, 0.1) is 0 Å². The Morgan fingerprint density at radius 2 is 2.07 bits per heavy atom. The molecule has 5 nitrogen and oxygen atoms in total. The first-order chi connectivity index (χ1) is 6.56. The van der Waals surface area contributed by atoms with Crippen LogP contribution >= 0.6 is 0 Å². The minimum Gasteiger partial charge on any atom is -0.508 e. The molecule has 0 bridgehead atoms. The first-order valence-corrected chi connectivity index (χ1v) is 3.83. The van der Waals surface area contributed by atoms with Gasteiger partial charge in [-0.05, 0) is 18.2 Å². The predicted molar refractivity (Wildman–Crippen MR) is 49.3 cm³/mol. The third kappa shape index (κ3) is 2.04. The lowest BCUT2D eigenvalue weighted by Gasteiger charge is -2.05. The molecule has 0 saturated heterocycles. The van der Waals surface area contributed by atoms with Crippen LogP contribution < -0.4 is 5.46 Å². The van der Waals surface area contributed by atoms with Crippen molar-refractivity contribution in [1.82, 2.24) is 0 Å². The summed E-state index contributed by atoms with van der Waals surface area (Å²) in [6.07, 6.45) is 0. The molecule has 3 N–H and O–H groups in total. The van der Waals surface area contributed by atoms with Crippen molar-refractivity contribution in [3.8, 4) is 5.75 Å². The number of phenols is 1. The highest BCUT2D eigenvalue weighted by molar-refractivity contribution is 6.59. The maximum absolute atomic E-state index is 11.0. The van der Waals surface area contributed by atoms with Gasteiger partial charge in [-0.2, -0.15) is 0 Å². The van der Waals surface area contributed by atoms with Gasteiger partial charge >= 0.3 is 13.1 Å². The standard InChI is InChI=1S/C8H9BO5/c1-14-8(11)5-2-3-7(10)6(4-5)9(12)13/h2-4,10,12-13H,1H3. The Balaban J connectivity index is 3.13. The molecule has 14 heavy (non-hydrogen) atoms. The number of benzene rings is 1. The quantitative estimate of drug-likeness (QED) is 0.411. The van der Waals surface area contributed by atoms with Gasteiger partial charge in [0.2, 0.25) is 0 Å². The summed E-state index contributed by atoms with van der Waals surface area (Å²) in [6, 6.07) is 3.68. The number of hydrogen-bond acceptors (Lipinski definition) is 5. The fourth-order valence-corrected chi connectivity index (χ4v) is 1.01. The van der Waals surface area contributed by atoms with Gasteiger partial charge in [0.05, 0.1) is 12.7 Å². The second-order valence-corrected chi connectivity index (χ2v) is 2.64. The monoisotopic (exact) mass is 196 g/mol. The Morgan fingerprint density at radius 3 is 2.57 bits per heavy atom. The molecule has 1 aromatic rings. The van der Waals surface area contributed by atoms with E-state index in [0.717, 1.165) is 6.07 Å². The second-order valence-electron chi connectivity index (χ2n) is 2.64. The van der Waals surface area contributed by atoms with E-state index >= 15 is 0 Å². The normalized spacial score (nSPS) is 9.64. The van der Waals surface area contributed by atoms with E-state index in [1.165, 1.54) is 19.2 Å². The fourth-order valence-electron chi connectivity index (χ4n) is 1.01. The minimum absolute atomic E-state index is 0.132. The van der Waals surface area contributed by atoms with Crippen LogP contribution in [0.25, 0.3) is 0 Å². The summed E-state index contributed by atoms with van der Waals surface area (Å²) in [5.41, 5.74) is 0.0151. The predicted octanol–water partition coefficient (Wildman–Crippen LogP) is -1.14. The van der Waals surface area contributed by atoms with Crippen LogP contribution in [0.15, 0.2) is 18.2 Å². The summed E-state index contributed by atoms with van der Waals surface area (Å²) in [7, 11) is -0.607. The van der Waals surface area contributed by atoms with E-state index < -0.39 is 13.1 Å². The average Bonchev–Trinajstić information content (AvgIpc) is 2.17. The summed E-state index contributed by atoms with van der Waals surface area (Å²) < 4.78 is 4.43. The average molecular weight is 196 g/mol. The van der Waals surface area contributed by atoms with Crippen molar-refractivity contribution in [3.63, 3.8) is 0 Å². The first kappa shape index (κ1) is 10.6. The number of aromatic hydroxyl groups is 1. The lowest BCUT2D eigenvalue weighted by Crippen LogP contribution is -2.30. The van der Waals surface area contributed by atoms with Crippen molar-refractivity contribution >= 4 is 18.6 Å². The van der Waals surface area contributed by atoms with Crippen LogP contribution in [0.4, 0.5) is 0 Å². The molecule has 0 aliphatic heterocycles. The summed E-state index contributed by atoms with van der Waals surface area (Å²) in [5, 5.41) is 26.8. The van der Waals surface area contributed by atoms with Crippen LogP contribution in [0.1, 0.15) is 10.4 Å². The molecule has 0 aliphatic rings. The zero-order valence-corrected chi connectivity index (χ0v) is 7.47. The van der Waals surface area contributed by atoms with Gasteiger partial charge in [0.25, 0.3) is 0 Å². The SMILES string of the molecule is COC(=O)c1ccc(O)c(B(O)O)c1. The number of ether oxygens (including phenoxy) is 1. The van der Waals surface area contributed by atoms with Crippen LogP contribution in [-0.2, 0) is 4.74 Å². The van der Waals surface area contributed by atoms with Crippen molar-refractivity contribution in [2.75, 3.05) is 7.11 Å². The van der Waals surface area contributed by atoms with Gasteiger partial charge in [0.15, 0.2) is 0 Å². The minimum atomic E-state index is -1.82. The summed E-state index contributed by atoms with van der Waals surface area (Å²) in [4.78, 5) is 11.0. The number of carbonyl (C=O) groups excluding carboxylic acids is 1. The molecule has 0 heterocycles. The van der Waals surface area contributed by atoms with Gasteiger partial charge < -0.3 is 19.9 Å². The van der Waals surface area contributed by atoms with E-state index in [1.54, 1.807) is 0 Å². The maximum Gasteiger partial charge on any atom is 0.492 e. The van der Waals surface area contributed by atoms with Crippen LogP contribution in [0.2, 0.25) is 0 Å². The van der Waals surface area contributed by atoms with Crippen molar-refractivity contribution in [2.45, 2.75) is 0 Å². The molecule has 0 aromatic heterocycles. The molecule has 6 heteroatoms. The van der Waals surface area contributed by atoms with Gasteiger partial charge in [-0.25, -0.2) is 4.79 Å². The van der Waals surface area contributed by atoms with Gasteiger partial charge in [-0.1, -0.05) is 0 Å². The number of methoxy groups -OCH3 is 1. The van der Waals surface area contributed by atoms with Crippen molar-refractivity contribution in [3.05, 3.63) is 23.8 Å². The van der Waals surface area contributed by atoms with Crippen molar-refractivity contribution in [2.24, 2.45) is 0 Å². The first-order valence-electron chi connectivity index (χ1n) is 3.83. The molecule has 0 saturated carbocycles. The molecule has 74 valence electrons. The number of hydrogen-bond donors (Lipinski definition) is 3. The molecular formula is C8H9BO5. The third-order valence-corrected chi connectivity index (χ3v) is 1.73. The second kappa shape index (κ2) is 4.12. The lowest BCUT2D eigenvalue weighted by molar-refractivity contribution is 0.0601. The zero-order valence-electron chi connectivity index (χ0n) is 7.47. The van der Waals surface area contributed by atoms with Gasteiger partial charge in [-0.3, -0.25) is 0 Å². The Hall–Kier alpha value is -1.53. The van der Waals surface area contributed by atoms with E-state index in [9.17, 15) is 9.90 Å². The molecule has 1 rings (SSSR count). The Morgan fingerprint density at radius 1 is 1.43 bits per heavy atom. The van der Waals surface area contributed by atoms with E-state index in [0.29, 0.717) is 0 Å². The van der Waals surface area contributed by atoms with Gasteiger partial charge in [-0.15, -0.1) is 0 Å². The van der Waals surface area contributed by atoms with Crippen LogP contribution in [0.5, 0.6) is 5.75 Å². The van der Waals surface area contributed by atoms with Crippen LogP contribution in [0.3, 0.4) is 0 Å². The Bertz CT molecular complexity index is 350. The summed E-state index contributed by atoms with van der Waals surface area (Å²) in [6.45, 7) is 0. The largest absolute Gasteiger partial charge is 0.508 e. The smallest absolute Gasteiger partial charge is 0.492 e. The molecule has 0 radical (unpaired) electrons. The van der Waals surface area contributed by atoms with Gasteiger partial charge in [0, 0.05) is 5.46 Å². The number of esters is 1. The van der Waals surface area contributed by atoms with Crippen molar-refractivity contribution in [1.29, 1.82) is 0 Å². The molecule has 0 amide bonds. The Kier molecular flexibility index (Phi) is 3.11. The molecule has 0 aliphatic carbocycles. The zero-order chi connectivity index (χ0) is 10.7. The maximum atomic E-state index is 11.0. The number of carbonyl (C=O) groups is 1.